The van der Waals surface area contributed by atoms with Gasteiger partial charge in [-0.15, -0.1) is 0 Å². The summed E-state index contributed by atoms with van der Waals surface area (Å²) in [6, 6.07) is 118. The zero-order valence-electron chi connectivity index (χ0n) is 68.6. The van der Waals surface area contributed by atoms with Crippen molar-refractivity contribution < 1.29 is 0 Å². The summed E-state index contributed by atoms with van der Waals surface area (Å²) in [5.74, 6) is 1.79. The molecule has 5 nitrogen and oxygen atoms in total. The van der Waals surface area contributed by atoms with Crippen molar-refractivity contribution in [1.29, 1.82) is 0 Å². The van der Waals surface area contributed by atoms with E-state index in [2.05, 4.69) is 442 Å². The Morgan fingerprint density at radius 3 is 0.965 bits per heavy atom. The standard InChI is InChI=1S/C53H46BN3Si.C51H57BN2Si/c1-37-21-26-44(27-22-37)56-49-32-23-38(2)33-48(49)54-47-31-28-45(55(41-15-9-6-10-16-41)42-17-11-7-12-18-42)36-50(47)57(43-19-13-8-14-20-43)52-35-40(34-51(56)53(52)54)39-24-29-46(30-25-39)58(3,4)5;1-32(2)36-12-20-42(21-13-36)53-47-26-18-39(34(5)6)28-45(47)52-46-29-40(35(7)8)19-27-48(46)54(43-22-14-37(15-23-43)33(3)4)50-31-41(30-49(53)51(50)52)38-16-24-44(25-17-38)55(9,10)11/h6-36H,1-5H3;12-35H,1-11H3. The molecule has 14 aromatic carbocycles. The second-order valence-corrected chi connectivity index (χ2v) is 45.3. The van der Waals surface area contributed by atoms with Gasteiger partial charge in [-0.05, 0) is 242 Å². The molecular formula is C104H103B2N5Si2. The first kappa shape index (κ1) is 74.4. The molecule has 0 radical (unpaired) electrons. The Hall–Kier alpha value is -11.4. The van der Waals surface area contributed by atoms with Crippen LogP contribution in [0.5, 0.6) is 0 Å². The van der Waals surface area contributed by atoms with Crippen LogP contribution in [0, 0.1) is 13.8 Å². The molecule has 0 saturated heterocycles. The molecule has 0 N–H and O–H groups in total. The van der Waals surface area contributed by atoms with Crippen molar-refractivity contribution in [1.82, 2.24) is 0 Å². The maximum absolute atomic E-state index is 2.57. The SMILES string of the molecule is CC(C)c1ccc(N2c3ccc(C(C)C)cc3B3c4cc(C(C)C)ccc4N(c4ccc(C(C)C)cc4)c4cc(-c5ccc([Si](C)(C)C)cc5)cc2c43)cc1.Cc1ccc(N2c3ccc(C)cc3B3c4ccc(N(c5ccccc5)c5ccccc5)cc4N(c4ccccc4)c4cc(-c5ccc([Si](C)(C)C)cc5)cc2c43)cc1. The molecule has 113 heavy (non-hydrogen) atoms. The number of aryl methyl sites for hydroxylation is 2. The monoisotopic (exact) mass is 1500 g/mol. The van der Waals surface area contributed by atoms with Gasteiger partial charge in [0.25, 0.3) is 13.4 Å². The fourth-order valence-electron chi connectivity index (χ4n) is 17.7. The molecule has 9 heteroatoms. The maximum atomic E-state index is 2.57. The van der Waals surface area contributed by atoms with Crippen LogP contribution in [-0.4, -0.2) is 29.6 Å². The molecule has 0 spiro atoms. The second kappa shape index (κ2) is 29.6. The molecule has 18 rings (SSSR count). The Labute approximate surface area is 675 Å². The Morgan fingerprint density at radius 2 is 0.575 bits per heavy atom. The van der Waals surface area contributed by atoms with E-state index in [1.807, 2.05) is 0 Å². The van der Waals surface area contributed by atoms with E-state index in [0.717, 1.165) is 28.4 Å². The van der Waals surface area contributed by atoms with Crippen LogP contribution in [0.15, 0.2) is 309 Å². The summed E-state index contributed by atoms with van der Waals surface area (Å²) in [6.07, 6.45) is 0. The van der Waals surface area contributed by atoms with Crippen molar-refractivity contribution in [2.45, 2.75) is 132 Å². The highest BCUT2D eigenvalue weighted by atomic mass is 28.3. The minimum atomic E-state index is -1.48. The normalized spacial score (nSPS) is 13.2. The summed E-state index contributed by atoms with van der Waals surface area (Å²) in [5.41, 5.74) is 39.0. The third-order valence-corrected chi connectivity index (χ3v) is 28.2. The average molecular weight is 1500 g/mol. The zero-order valence-corrected chi connectivity index (χ0v) is 70.6. The number of nitrogens with zero attached hydrogens (tertiary/aromatic N) is 5. The third-order valence-electron chi connectivity index (χ3n) is 24.1. The fraction of sp³-hybridized carbons (Fsp3) is 0.192. The number of para-hydroxylation sites is 3. The van der Waals surface area contributed by atoms with Crippen LogP contribution in [0.4, 0.5) is 85.3 Å². The van der Waals surface area contributed by atoms with Gasteiger partial charge in [0.05, 0.1) is 16.1 Å². The number of rotatable bonds is 15. The molecule has 4 aliphatic heterocycles. The van der Waals surface area contributed by atoms with Crippen LogP contribution in [-0.2, 0) is 0 Å². The summed E-state index contributed by atoms with van der Waals surface area (Å²) in [6.45, 7) is 37.5. The fourth-order valence-corrected chi connectivity index (χ4v) is 20.0. The van der Waals surface area contributed by atoms with Crippen molar-refractivity contribution in [2.75, 3.05) is 24.5 Å². The zero-order chi connectivity index (χ0) is 78.5. The predicted molar refractivity (Wildman–Crippen MR) is 498 cm³/mol. The van der Waals surface area contributed by atoms with Crippen molar-refractivity contribution >= 4 is 158 Å². The van der Waals surface area contributed by atoms with Gasteiger partial charge in [0.15, 0.2) is 0 Å². The van der Waals surface area contributed by atoms with E-state index < -0.39 is 16.1 Å². The molecule has 0 atom stereocenters. The van der Waals surface area contributed by atoms with Crippen molar-refractivity contribution in [2.24, 2.45) is 0 Å². The topological polar surface area (TPSA) is 16.2 Å². The van der Waals surface area contributed by atoms with Gasteiger partial charge in [-0.2, -0.15) is 0 Å². The van der Waals surface area contributed by atoms with Crippen LogP contribution in [0.2, 0.25) is 39.3 Å². The lowest BCUT2D eigenvalue weighted by Gasteiger charge is -2.45. The summed E-state index contributed by atoms with van der Waals surface area (Å²) in [4.78, 5) is 12.5. The van der Waals surface area contributed by atoms with E-state index in [1.165, 1.54) is 156 Å². The highest BCUT2D eigenvalue weighted by molar-refractivity contribution is 7.01. The highest BCUT2D eigenvalue weighted by Gasteiger charge is 2.47. The first-order valence-corrected chi connectivity index (χ1v) is 48.0. The van der Waals surface area contributed by atoms with Gasteiger partial charge in [0.1, 0.15) is 0 Å². The number of hydrogen-bond acceptors (Lipinski definition) is 5. The first-order chi connectivity index (χ1) is 54.4. The number of fused-ring (bicyclic) bond motifs is 8. The Morgan fingerprint density at radius 1 is 0.248 bits per heavy atom. The molecule has 4 heterocycles. The number of hydrogen-bond donors (Lipinski definition) is 0. The highest BCUT2D eigenvalue weighted by Crippen LogP contribution is 2.51. The third kappa shape index (κ3) is 13.8. The molecular weight excluding hydrogens is 1400 g/mol. The lowest BCUT2D eigenvalue weighted by molar-refractivity contribution is 0.866. The quantitative estimate of drug-likeness (QED) is 0.0948. The van der Waals surface area contributed by atoms with Gasteiger partial charge >= 0.3 is 0 Å². The molecule has 0 aliphatic carbocycles. The smallest absolute Gasteiger partial charge is 0.252 e. The Kier molecular flexibility index (Phi) is 19.5. The van der Waals surface area contributed by atoms with Gasteiger partial charge in [0.2, 0.25) is 0 Å². The van der Waals surface area contributed by atoms with Gasteiger partial charge in [-0.3, -0.25) is 0 Å². The molecule has 0 saturated carbocycles. The van der Waals surface area contributed by atoms with Crippen molar-refractivity contribution in [3.63, 3.8) is 0 Å². The molecule has 4 aliphatic rings. The molecule has 14 aromatic rings. The lowest BCUT2D eigenvalue weighted by atomic mass is 9.33. The van der Waals surface area contributed by atoms with Crippen LogP contribution >= 0.6 is 0 Å². The summed E-state index contributed by atoms with van der Waals surface area (Å²) >= 11 is 0. The van der Waals surface area contributed by atoms with Crippen LogP contribution in [0.3, 0.4) is 0 Å². The van der Waals surface area contributed by atoms with E-state index in [0.29, 0.717) is 23.7 Å². The van der Waals surface area contributed by atoms with Gasteiger partial charge in [-0.25, -0.2) is 0 Å². The molecule has 0 bridgehead atoms. The number of anilines is 15. The molecule has 0 aromatic heterocycles. The van der Waals surface area contributed by atoms with Crippen molar-refractivity contribution in [3.05, 3.63) is 343 Å². The maximum Gasteiger partial charge on any atom is 0.252 e. The molecule has 0 amide bonds. The van der Waals surface area contributed by atoms with E-state index in [9.17, 15) is 0 Å². The van der Waals surface area contributed by atoms with E-state index in [1.54, 1.807) is 0 Å². The lowest BCUT2D eigenvalue weighted by Crippen LogP contribution is -2.61. The van der Waals surface area contributed by atoms with Crippen LogP contribution in [0.1, 0.15) is 112 Å². The van der Waals surface area contributed by atoms with Gasteiger partial charge in [-0.1, -0.05) is 298 Å². The van der Waals surface area contributed by atoms with Gasteiger partial charge in [0, 0.05) is 85.3 Å². The van der Waals surface area contributed by atoms with E-state index in [4.69, 9.17) is 0 Å². The number of benzene rings is 14. The summed E-state index contributed by atoms with van der Waals surface area (Å²) in [7, 11) is -2.94. The Bertz CT molecular complexity index is 5700. The minimum absolute atomic E-state index is 0.0239. The first-order valence-electron chi connectivity index (χ1n) is 41.0. The van der Waals surface area contributed by atoms with Gasteiger partial charge < -0.3 is 24.5 Å². The Balaban J connectivity index is 0.000000164. The van der Waals surface area contributed by atoms with E-state index in [-0.39, 0.29) is 13.4 Å². The average Bonchev–Trinajstić information content (AvgIpc) is 0.700. The molecule has 558 valence electrons. The second-order valence-electron chi connectivity index (χ2n) is 35.1. The predicted octanol–water partition coefficient (Wildman–Crippen LogP) is 24.5. The minimum Gasteiger partial charge on any atom is -0.311 e. The molecule has 0 unspecified atom stereocenters. The summed E-state index contributed by atoms with van der Waals surface area (Å²) in [5, 5.41) is 2.95. The van der Waals surface area contributed by atoms with Crippen LogP contribution in [0.25, 0.3) is 22.3 Å². The summed E-state index contributed by atoms with van der Waals surface area (Å²) < 4.78 is 0. The van der Waals surface area contributed by atoms with E-state index >= 15 is 0 Å². The molecule has 0 fully saturated rings. The largest absolute Gasteiger partial charge is 0.311 e. The van der Waals surface area contributed by atoms with Crippen LogP contribution < -0.4 is 67.6 Å². The van der Waals surface area contributed by atoms with Crippen molar-refractivity contribution in [3.8, 4) is 22.3 Å².